The van der Waals surface area contributed by atoms with E-state index in [1.165, 1.54) is 44.1 Å². The van der Waals surface area contributed by atoms with Crippen molar-refractivity contribution < 1.29 is 0 Å². The summed E-state index contributed by atoms with van der Waals surface area (Å²) in [5.74, 6) is 2.05. The zero-order chi connectivity index (χ0) is 11.5. The molecule has 0 aromatic heterocycles. The van der Waals surface area contributed by atoms with E-state index in [-0.39, 0.29) is 0 Å². The van der Waals surface area contributed by atoms with Crippen LogP contribution in [0.5, 0.6) is 0 Å². The lowest BCUT2D eigenvalue weighted by Crippen LogP contribution is -2.39. The molecule has 2 aliphatic rings. The van der Waals surface area contributed by atoms with Crippen LogP contribution in [0.3, 0.4) is 0 Å². The van der Waals surface area contributed by atoms with Crippen LogP contribution >= 0.6 is 0 Å². The average Bonchev–Trinajstić information content (AvgIpc) is 3.06. The molecule has 0 spiro atoms. The molecular formula is C15H27N. The fraction of sp³-hybridized carbons (Fsp3) is 0.867. The first-order chi connectivity index (χ1) is 7.66. The third-order valence-electron chi connectivity index (χ3n) is 3.89. The van der Waals surface area contributed by atoms with Crippen LogP contribution in [0.25, 0.3) is 0 Å². The Balaban J connectivity index is 1.68. The number of rotatable bonds is 7. The molecule has 0 aromatic rings. The Labute approximate surface area is 101 Å². The zero-order valence-electron chi connectivity index (χ0n) is 11.1. The fourth-order valence-corrected chi connectivity index (χ4v) is 2.60. The van der Waals surface area contributed by atoms with Crippen LogP contribution in [-0.2, 0) is 0 Å². The molecule has 0 amide bonds. The molecule has 0 aromatic carbocycles. The molecule has 92 valence electrons. The van der Waals surface area contributed by atoms with Crippen molar-refractivity contribution in [3.8, 4) is 0 Å². The molecule has 1 nitrogen and oxygen atoms in total. The zero-order valence-corrected chi connectivity index (χ0v) is 11.1. The predicted molar refractivity (Wildman–Crippen MR) is 70.5 cm³/mol. The molecule has 0 aliphatic heterocycles. The van der Waals surface area contributed by atoms with Crippen LogP contribution in [0.4, 0.5) is 0 Å². The maximum atomic E-state index is 3.89. The highest BCUT2D eigenvalue weighted by Crippen LogP contribution is 2.44. The number of hydrogen-bond donors (Lipinski definition) is 1. The Bertz CT molecular complexity index is 232. The smallest absolute Gasteiger partial charge is 0.0126 e. The Hall–Kier alpha value is -0.300. The van der Waals surface area contributed by atoms with Crippen molar-refractivity contribution in [1.82, 2.24) is 5.32 Å². The summed E-state index contributed by atoms with van der Waals surface area (Å²) in [6, 6.07) is 1.56. The topological polar surface area (TPSA) is 12.0 Å². The Morgan fingerprint density at radius 1 is 1.19 bits per heavy atom. The van der Waals surface area contributed by atoms with E-state index in [2.05, 4.69) is 32.2 Å². The molecule has 2 rings (SSSR count). The normalized spacial score (nSPS) is 22.2. The molecule has 16 heavy (non-hydrogen) atoms. The van der Waals surface area contributed by atoms with Crippen molar-refractivity contribution >= 4 is 0 Å². The lowest BCUT2D eigenvalue weighted by Gasteiger charge is -2.23. The van der Waals surface area contributed by atoms with Gasteiger partial charge in [-0.15, -0.1) is 0 Å². The van der Waals surface area contributed by atoms with Gasteiger partial charge in [-0.2, -0.15) is 0 Å². The summed E-state index contributed by atoms with van der Waals surface area (Å²) >= 11 is 0. The molecule has 0 heterocycles. The summed E-state index contributed by atoms with van der Waals surface area (Å²) in [6.45, 7) is 6.74. The molecular weight excluding hydrogens is 194 g/mol. The molecule has 2 saturated carbocycles. The van der Waals surface area contributed by atoms with Crippen LogP contribution in [-0.4, -0.2) is 12.1 Å². The molecule has 2 aliphatic carbocycles. The minimum absolute atomic E-state index is 0.696. The van der Waals surface area contributed by atoms with E-state index in [1.54, 1.807) is 0 Å². The van der Waals surface area contributed by atoms with Crippen molar-refractivity contribution in [1.29, 1.82) is 0 Å². The van der Waals surface area contributed by atoms with E-state index in [0.717, 1.165) is 17.9 Å². The second-order valence-corrected chi connectivity index (χ2v) is 6.13. The third kappa shape index (κ3) is 3.93. The molecule has 0 saturated heterocycles. The second-order valence-electron chi connectivity index (χ2n) is 6.13. The SMILES string of the molecule is CC(C)=CCCC(C)NC(C1CC1)C1CC1. The Kier molecular flexibility index (Phi) is 4.07. The van der Waals surface area contributed by atoms with E-state index in [9.17, 15) is 0 Å². The van der Waals surface area contributed by atoms with E-state index in [1.807, 2.05) is 0 Å². The van der Waals surface area contributed by atoms with Gasteiger partial charge in [0, 0.05) is 12.1 Å². The van der Waals surface area contributed by atoms with Crippen molar-refractivity contribution in [3.05, 3.63) is 11.6 Å². The number of hydrogen-bond acceptors (Lipinski definition) is 1. The van der Waals surface area contributed by atoms with Crippen molar-refractivity contribution in [3.63, 3.8) is 0 Å². The van der Waals surface area contributed by atoms with Gasteiger partial charge in [-0.1, -0.05) is 11.6 Å². The summed E-state index contributed by atoms with van der Waals surface area (Å²) in [7, 11) is 0. The van der Waals surface area contributed by atoms with Gasteiger partial charge < -0.3 is 5.32 Å². The van der Waals surface area contributed by atoms with Crippen LogP contribution in [0.1, 0.15) is 59.3 Å². The Morgan fingerprint density at radius 2 is 1.75 bits per heavy atom. The van der Waals surface area contributed by atoms with Crippen LogP contribution in [0.2, 0.25) is 0 Å². The first-order valence-corrected chi connectivity index (χ1v) is 7.06. The van der Waals surface area contributed by atoms with E-state index in [4.69, 9.17) is 0 Å². The lowest BCUT2D eigenvalue weighted by atomic mass is 10.0. The van der Waals surface area contributed by atoms with Gasteiger partial charge in [-0.3, -0.25) is 0 Å². The maximum absolute atomic E-state index is 3.89. The summed E-state index contributed by atoms with van der Waals surface area (Å²) in [6.07, 6.45) is 10.8. The second kappa shape index (κ2) is 5.35. The fourth-order valence-electron chi connectivity index (χ4n) is 2.60. The summed E-state index contributed by atoms with van der Waals surface area (Å²) < 4.78 is 0. The average molecular weight is 221 g/mol. The Morgan fingerprint density at radius 3 is 2.19 bits per heavy atom. The minimum atomic E-state index is 0.696. The largest absolute Gasteiger partial charge is 0.311 e. The molecule has 1 atom stereocenters. The van der Waals surface area contributed by atoms with Crippen molar-refractivity contribution in [2.75, 3.05) is 0 Å². The maximum Gasteiger partial charge on any atom is 0.0126 e. The predicted octanol–water partition coefficient (Wildman–Crippen LogP) is 3.90. The molecule has 0 bridgehead atoms. The van der Waals surface area contributed by atoms with Crippen LogP contribution in [0.15, 0.2) is 11.6 Å². The van der Waals surface area contributed by atoms with Crippen molar-refractivity contribution in [2.24, 2.45) is 11.8 Å². The monoisotopic (exact) mass is 221 g/mol. The van der Waals surface area contributed by atoms with Gasteiger partial charge >= 0.3 is 0 Å². The van der Waals surface area contributed by atoms with E-state index < -0.39 is 0 Å². The van der Waals surface area contributed by atoms with E-state index >= 15 is 0 Å². The quantitative estimate of drug-likeness (QED) is 0.643. The van der Waals surface area contributed by atoms with Gasteiger partial charge in [-0.05, 0) is 71.1 Å². The standard InChI is InChI=1S/C15H27N/c1-11(2)5-4-6-12(3)16-15(13-7-8-13)14-9-10-14/h5,12-16H,4,6-10H2,1-3H3. The highest BCUT2D eigenvalue weighted by Gasteiger charge is 2.41. The summed E-state index contributed by atoms with van der Waals surface area (Å²) in [4.78, 5) is 0. The highest BCUT2D eigenvalue weighted by molar-refractivity contribution is 4.98. The first kappa shape index (κ1) is 12.2. The van der Waals surface area contributed by atoms with Gasteiger partial charge in [-0.25, -0.2) is 0 Å². The molecule has 1 heteroatoms. The van der Waals surface area contributed by atoms with Crippen molar-refractivity contribution in [2.45, 2.75) is 71.4 Å². The third-order valence-corrected chi connectivity index (χ3v) is 3.89. The van der Waals surface area contributed by atoms with Gasteiger partial charge in [0.25, 0.3) is 0 Å². The lowest BCUT2D eigenvalue weighted by molar-refractivity contribution is 0.363. The van der Waals surface area contributed by atoms with Gasteiger partial charge in [0.15, 0.2) is 0 Å². The number of nitrogens with one attached hydrogen (secondary N) is 1. The first-order valence-electron chi connectivity index (χ1n) is 7.06. The molecule has 1 N–H and O–H groups in total. The molecule has 0 radical (unpaired) electrons. The molecule has 2 fully saturated rings. The van der Waals surface area contributed by atoms with E-state index in [0.29, 0.717) is 6.04 Å². The van der Waals surface area contributed by atoms with Gasteiger partial charge in [0.1, 0.15) is 0 Å². The van der Waals surface area contributed by atoms with Crippen LogP contribution < -0.4 is 5.32 Å². The molecule has 1 unspecified atom stereocenters. The van der Waals surface area contributed by atoms with Crippen LogP contribution in [0, 0.1) is 11.8 Å². The summed E-state index contributed by atoms with van der Waals surface area (Å²) in [5, 5.41) is 3.89. The van der Waals surface area contributed by atoms with Gasteiger partial charge in [0.05, 0.1) is 0 Å². The van der Waals surface area contributed by atoms with Gasteiger partial charge in [0.2, 0.25) is 0 Å². The summed E-state index contributed by atoms with van der Waals surface area (Å²) in [5.41, 5.74) is 1.45. The number of allylic oxidation sites excluding steroid dienone is 2. The minimum Gasteiger partial charge on any atom is -0.311 e. The highest BCUT2D eigenvalue weighted by atomic mass is 15.0.